The zero-order valence-electron chi connectivity index (χ0n) is 21.4. The number of ether oxygens (including phenoxy) is 1. The van der Waals surface area contributed by atoms with Crippen LogP contribution in [0.4, 0.5) is 4.79 Å². The Morgan fingerprint density at radius 1 is 0.972 bits per heavy atom. The summed E-state index contributed by atoms with van der Waals surface area (Å²) in [4.78, 5) is 31.0. The molecule has 2 atom stereocenters. The third-order valence-electron chi connectivity index (χ3n) is 5.95. The van der Waals surface area contributed by atoms with Crippen LogP contribution < -0.4 is 10.6 Å². The van der Waals surface area contributed by atoms with Crippen LogP contribution in [0.15, 0.2) is 73.2 Å². The summed E-state index contributed by atoms with van der Waals surface area (Å²) >= 11 is 0. The van der Waals surface area contributed by atoms with E-state index in [0.717, 1.165) is 22.0 Å². The van der Waals surface area contributed by atoms with Gasteiger partial charge in [-0.25, -0.2) is 9.78 Å². The average molecular weight is 488 g/mol. The molecule has 0 saturated heterocycles. The highest BCUT2D eigenvalue weighted by molar-refractivity contribution is 5.89. The van der Waals surface area contributed by atoms with E-state index >= 15 is 0 Å². The fourth-order valence-corrected chi connectivity index (χ4v) is 4.31. The first-order valence-electron chi connectivity index (χ1n) is 12.0. The predicted octanol–water partition coefficient (Wildman–Crippen LogP) is 4.25. The monoisotopic (exact) mass is 487 g/mol. The maximum absolute atomic E-state index is 13.8. The topological polar surface area (TPSA) is 90.2 Å². The molecule has 4 rings (SSSR count). The van der Waals surface area contributed by atoms with E-state index in [9.17, 15) is 9.59 Å². The van der Waals surface area contributed by atoms with Crippen molar-refractivity contribution in [1.82, 2.24) is 24.8 Å². The molecule has 8 nitrogen and oxygen atoms in total. The summed E-state index contributed by atoms with van der Waals surface area (Å²) in [5.74, 6) is 0.362. The van der Waals surface area contributed by atoms with Gasteiger partial charge >= 0.3 is 6.09 Å². The Kier molecular flexibility index (Phi) is 7.15. The van der Waals surface area contributed by atoms with Crippen LogP contribution in [0.2, 0.25) is 0 Å². The van der Waals surface area contributed by atoms with Crippen LogP contribution in [0.3, 0.4) is 0 Å². The van der Waals surface area contributed by atoms with E-state index in [1.807, 2.05) is 90.2 Å². The molecule has 0 fully saturated rings. The minimum atomic E-state index is -0.864. The van der Waals surface area contributed by atoms with Crippen LogP contribution in [-0.4, -0.2) is 37.8 Å². The summed E-state index contributed by atoms with van der Waals surface area (Å²) in [6.45, 7) is 5.37. The number of para-hydroxylation sites is 1. The second-order valence-electron chi connectivity index (χ2n) is 9.93. The second kappa shape index (κ2) is 10.3. The number of amides is 2. The molecule has 8 heteroatoms. The Morgan fingerprint density at radius 3 is 2.33 bits per heavy atom. The van der Waals surface area contributed by atoms with Crippen molar-refractivity contribution in [2.24, 2.45) is 14.1 Å². The molecule has 0 bridgehead atoms. The number of nitrogens with zero attached hydrogens (tertiary/aromatic N) is 3. The molecular weight excluding hydrogens is 454 g/mol. The fraction of sp³-hybridized carbons (Fsp3) is 0.321. The van der Waals surface area contributed by atoms with E-state index in [1.54, 1.807) is 27.0 Å². The molecule has 2 aromatic carbocycles. The minimum Gasteiger partial charge on any atom is -0.444 e. The second-order valence-corrected chi connectivity index (χ2v) is 9.93. The molecule has 2 heterocycles. The quantitative estimate of drug-likeness (QED) is 0.408. The molecule has 0 spiro atoms. The van der Waals surface area contributed by atoms with Gasteiger partial charge in [-0.1, -0.05) is 48.5 Å². The number of aromatic nitrogens is 3. The van der Waals surface area contributed by atoms with Gasteiger partial charge in [0.05, 0.1) is 0 Å². The van der Waals surface area contributed by atoms with Crippen LogP contribution in [-0.2, 0) is 30.0 Å². The highest BCUT2D eigenvalue weighted by atomic mass is 16.6. The van der Waals surface area contributed by atoms with E-state index in [2.05, 4.69) is 15.6 Å². The molecule has 188 valence electrons. The van der Waals surface area contributed by atoms with Gasteiger partial charge in [-0.15, -0.1) is 0 Å². The van der Waals surface area contributed by atoms with Gasteiger partial charge in [0.15, 0.2) is 0 Å². The SMILES string of the molecule is Cn1ccnc1[C@H](NC(=O)[C@H](Cc1cn(C)c2ccccc12)NC(=O)OC(C)(C)C)c1ccccc1. The van der Waals surface area contributed by atoms with Crippen LogP contribution in [0, 0.1) is 0 Å². The lowest BCUT2D eigenvalue weighted by Crippen LogP contribution is -2.50. The molecule has 4 aromatic rings. The Labute approximate surface area is 211 Å². The summed E-state index contributed by atoms with van der Waals surface area (Å²) in [5.41, 5.74) is 2.21. The van der Waals surface area contributed by atoms with E-state index < -0.39 is 23.8 Å². The van der Waals surface area contributed by atoms with Crippen molar-refractivity contribution in [3.63, 3.8) is 0 Å². The van der Waals surface area contributed by atoms with Crippen molar-refractivity contribution in [2.75, 3.05) is 0 Å². The van der Waals surface area contributed by atoms with Gasteiger partial charge in [-0.05, 0) is 38.0 Å². The molecule has 0 saturated carbocycles. The first-order chi connectivity index (χ1) is 17.1. The Morgan fingerprint density at radius 2 is 1.67 bits per heavy atom. The number of nitrogens with one attached hydrogen (secondary N) is 2. The predicted molar refractivity (Wildman–Crippen MR) is 139 cm³/mol. The zero-order valence-corrected chi connectivity index (χ0v) is 21.4. The van der Waals surface area contributed by atoms with Gasteiger partial charge < -0.3 is 24.5 Å². The van der Waals surface area contributed by atoms with Gasteiger partial charge in [-0.2, -0.15) is 0 Å². The molecule has 2 aromatic heterocycles. The summed E-state index contributed by atoms with van der Waals surface area (Å²) in [7, 11) is 3.85. The van der Waals surface area contributed by atoms with E-state index in [1.165, 1.54) is 0 Å². The van der Waals surface area contributed by atoms with Crippen molar-refractivity contribution in [2.45, 2.75) is 44.9 Å². The summed E-state index contributed by atoms with van der Waals surface area (Å²) in [6, 6.07) is 16.3. The van der Waals surface area contributed by atoms with E-state index in [4.69, 9.17) is 4.74 Å². The number of aryl methyl sites for hydroxylation is 2. The number of hydrogen-bond acceptors (Lipinski definition) is 4. The molecule has 2 amide bonds. The fourth-order valence-electron chi connectivity index (χ4n) is 4.31. The number of hydrogen-bond donors (Lipinski definition) is 2. The van der Waals surface area contributed by atoms with Gasteiger partial charge in [0.1, 0.15) is 23.5 Å². The Balaban J connectivity index is 1.66. The molecule has 2 N–H and O–H groups in total. The zero-order chi connectivity index (χ0) is 25.9. The van der Waals surface area contributed by atoms with Crippen molar-refractivity contribution >= 4 is 22.9 Å². The average Bonchev–Trinajstić information content (AvgIpc) is 3.39. The molecular formula is C28H33N5O3. The third-order valence-corrected chi connectivity index (χ3v) is 5.95. The van der Waals surface area contributed by atoms with E-state index in [0.29, 0.717) is 12.2 Å². The number of carbonyl (C=O) groups is 2. The minimum absolute atomic E-state index is 0.300. The van der Waals surface area contributed by atoms with Gasteiger partial charge in [0.2, 0.25) is 5.91 Å². The first-order valence-corrected chi connectivity index (χ1v) is 12.0. The van der Waals surface area contributed by atoms with Crippen LogP contribution >= 0.6 is 0 Å². The lowest BCUT2D eigenvalue weighted by Gasteiger charge is -2.25. The number of fused-ring (bicyclic) bond motifs is 1. The molecule has 0 aliphatic rings. The molecule has 0 aliphatic carbocycles. The standard InChI is InChI=1S/C28H33N5O3/c1-28(2,3)36-27(35)30-22(17-20-18-33(5)23-14-10-9-13-21(20)23)26(34)31-24(19-11-7-6-8-12-19)25-29-15-16-32(25)4/h6-16,18,22,24H,17H2,1-5H3,(H,30,35)(H,31,34)/t22-,24+/m0/s1. The van der Waals surface area contributed by atoms with Gasteiger partial charge in [0, 0.05) is 50.0 Å². The van der Waals surface area contributed by atoms with Crippen molar-refractivity contribution < 1.29 is 14.3 Å². The number of carbonyl (C=O) groups excluding carboxylic acids is 2. The molecule has 36 heavy (non-hydrogen) atoms. The summed E-state index contributed by atoms with van der Waals surface area (Å²) in [6.07, 6.45) is 5.19. The normalized spacial score (nSPS) is 13.2. The van der Waals surface area contributed by atoms with Crippen LogP contribution in [0.1, 0.15) is 43.8 Å². The highest BCUT2D eigenvalue weighted by Crippen LogP contribution is 2.24. The first kappa shape index (κ1) is 25.0. The molecule has 0 unspecified atom stereocenters. The van der Waals surface area contributed by atoms with Gasteiger partial charge in [-0.3, -0.25) is 4.79 Å². The maximum Gasteiger partial charge on any atom is 0.408 e. The number of rotatable bonds is 7. The van der Waals surface area contributed by atoms with Crippen molar-refractivity contribution in [3.8, 4) is 0 Å². The Hall–Kier alpha value is -4.07. The van der Waals surface area contributed by atoms with Gasteiger partial charge in [0.25, 0.3) is 0 Å². The summed E-state index contributed by atoms with van der Waals surface area (Å²) in [5, 5.41) is 6.96. The Bertz CT molecular complexity index is 1350. The van der Waals surface area contributed by atoms with Crippen molar-refractivity contribution in [3.05, 3.63) is 90.1 Å². The van der Waals surface area contributed by atoms with Crippen molar-refractivity contribution in [1.29, 1.82) is 0 Å². The molecule has 0 radical (unpaired) electrons. The maximum atomic E-state index is 13.8. The largest absolute Gasteiger partial charge is 0.444 e. The highest BCUT2D eigenvalue weighted by Gasteiger charge is 2.29. The lowest BCUT2D eigenvalue weighted by molar-refractivity contribution is -0.123. The number of alkyl carbamates (subject to hydrolysis) is 1. The van der Waals surface area contributed by atoms with Crippen LogP contribution in [0.5, 0.6) is 0 Å². The smallest absolute Gasteiger partial charge is 0.408 e. The number of imidazole rings is 1. The lowest BCUT2D eigenvalue weighted by atomic mass is 10.0. The number of benzene rings is 2. The summed E-state index contributed by atoms with van der Waals surface area (Å²) < 4.78 is 9.37. The third kappa shape index (κ3) is 5.76. The van der Waals surface area contributed by atoms with E-state index in [-0.39, 0.29) is 5.91 Å². The molecule has 0 aliphatic heterocycles. The van der Waals surface area contributed by atoms with Crippen LogP contribution in [0.25, 0.3) is 10.9 Å².